The van der Waals surface area contributed by atoms with E-state index in [0.717, 1.165) is 19.8 Å². The maximum atomic E-state index is 5.48. The molecule has 0 radical (unpaired) electrons. The van der Waals surface area contributed by atoms with E-state index >= 15 is 0 Å². The molecule has 0 aromatic carbocycles. The van der Waals surface area contributed by atoms with Gasteiger partial charge in [0.25, 0.3) is 0 Å². The van der Waals surface area contributed by atoms with Gasteiger partial charge in [-0.15, -0.1) is 11.3 Å². The van der Waals surface area contributed by atoms with Crippen molar-refractivity contribution in [1.29, 1.82) is 0 Å². The highest BCUT2D eigenvalue weighted by Crippen LogP contribution is 2.27. The lowest BCUT2D eigenvalue weighted by atomic mass is 9.88. The Morgan fingerprint density at radius 1 is 1.64 bits per heavy atom. The van der Waals surface area contributed by atoms with Gasteiger partial charge in [-0.2, -0.15) is 0 Å². The molecule has 1 atom stereocenters. The van der Waals surface area contributed by atoms with Crippen LogP contribution < -0.4 is 5.32 Å². The molecule has 78 valence electrons. The minimum atomic E-state index is 0.275. The van der Waals surface area contributed by atoms with Gasteiger partial charge in [0.2, 0.25) is 0 Å². The average Bonchev–Trinajstić information content (AvgIpc) is 2.71. The molecule has 1 aromatic rings. The third-order valence-electron chi connectivity index (χ3n) is 2.80. The highest BCUT2D eigenvalue weighted by molar-refractivity contribution is 7.09. The Balaban J connectivity index is 1.86. The summed E-state index contributed by atoms with van der Waals surface area (Å²) >= 11 is 1.80. The molecule has 1 aromatic heterocycles. The van der Waals surface area contributed by atoms with Crippen LogP contribution in [0.1, 0.15) is 18.7 Å². The van der Waals surface area contributed by atoms with E-state index in [9.17, 15) is 0 Å². The molecule has 14 heavy (non-hydrogen) atoms. The monoisotopic (exact) mass is 211 g/mol. The third kappa shape index (κ3) is 2.16. The molecule has 0 spiro atoms. The van der Waals surface area contributed by atoms with Gasteiger partial charge in [-0.3, -0.25) is 0 Å². The van der Waals surface area contributed by atoms with Crippen molar-refractivity contribution in [2.24, 2.45) is 5.41 Å². The lowest BCUT2D eigenvalue weighted by Gasteiger charge is -2.25. The largest absolute Gasteiger partial charge is 0.379 e. The maximum Gasteiger partial charge on any atom is 0.0626 e. The smallest absolute Gasteiger partial charge is 0.0626 e. The summed E-state index contributed by atoms with van der Waals surface area (Å²) in [5.74, 6) is 0. The van der Waals surface area contributed by atoms with Gasteiger partial charge in [-0.1, -0.05) is 19.9 Å². The van der Waals surface area contributed by atoms with Gasteiger partial charge in [-0.25, -0.2) is 0 Å². The summed E-state index contributed by atoms with van der Waals surface area (Å²) in [5, 5.41) is 5.68. The van der Waals surface area contributed by atoms with Crippen LogP contribution in [-0.4, -0.2) is 19.3 Å². The minimum Gasteiger partial charge on any atom is -0.379 e. The molecule has 1 fully saturated rings. The number of thiophene rings is 1. The second-order valence-corrected chi connectivity index (χ2v) is 5.55. The van der Waals surface area contributed by atoms with Crippen molar-refractivity contribution in [1.82, 2.24) is 5.32 Å². The number of ether oxygens (including phenoxy) is 1. The predicted molar refractivity (Wildman–Crippen MR) is 59.5 cm³/mol. The topological polar surface area (TPSA) is 21.3 Å². The van der Waals surface area contributed by atoms with E-state index in [2.05, 4.69) is 36.7 Å². The number of rotatable bonds is 3. The number of hydrogen-bond donors (Lipinski definition) is 1. The van der Waals surface area contributed by atoms with Gasteiger partial charge in [0.05, 0.1) is 13.2 Å². The molecule has 3 heteroatoms. The lowest BCUT2D eigenvalue weighted by Crippen LogP contribution is -2.40. The fourth-order valence-electron chi connectivity index (χ4n) is 1.74. The Morgan fingerprint density at radius 2 is 2.50 bits per heavy atom. The second kappa shape index (κ2) is 4.01. The molecule has 2 nitrogen and oxygen atoms in total. The first-order valence-corrected chi connectivity index (χ1v) is 5.90. The molecule has 2 heterocycles. The van der Waals surface area contributed by atoms with Crippen LogP contribution in [0.25, 0.3) is 0 Å². The predicted octanol–water partition coefficient (Wildman–Crippen LogP) is 2.26. The molecule has 0 saturated carbocycles. The molecule has 1 N–H and O–H groups in total. The van der Waals surface area contributed by atoms with E-state index in [-0.39, 0.29) is 5.41 Å². The van der Waals surface area contributed by atoms with E-state index in [1.54, 1.807) is 11.3 Å². The van der Waals surface area contributed by atoms with E-state index in [0.29, 0.717) is 6.04 Å². The Labute approximate surface area is 89.3 Å². The Kier molecular flexibility index (Phi) is 2.91. The van der Waals surface area contributed by atoms with E-state index < -0.39 is 0 Å². The van der Waals surface area contributed by atoms with Gasteiger partial charge in [0.1, 0.15) is 0 Å². The van der Waals surface area contributed by atoms with Crippen molar-refractivity contribution in [3.05, 3.63) is 22.4 Å². The minimum absolute atomic E-state index is 0.275. The lowest BCUT2D eigenvalue weighted by molar-refractivity contribution is 0.166. The number of hydrogen-bond acceptors (Lipinski definition) is 3. The van der Waals surface area contributed by atoms with Crippen LogP contribution in [-0.2, 0) is 11.3 Å². The van der Waals surface area contributed by atoms with Gasteiger partial charge in [0, 0.05) is 22.9 Å². The van der Waals surface area contributed by atoms with Gasteiger partial charge in [-0.05, 0) is 11.4 Å². The van der Waals surface area contributed by atoms with Crippen molar-refractivity contribution in [2.45, 2.75) is 26.4 Å². The van der Waals surface area contributed by atoms with E-state index in [1.807, 2.05) is 0 Å². The van der Waals surface area contributed by atoms with Crippen LogP contribution in [0.4, 0.5) is 0 Å². The summed E-state index contributed by atoms with van der Waals surface area (Å²) in [5.41, 5.74) is 0.275. The molecule has 1 saturated heterocycles. The highest BCUT2D eigenvalue weighted by Gasteiger charge is 2.35. The van der Waals surface area contributed by atoms with E-state index in [4.69, 9.17) is 4.74 Å². The fourth-order valence-corrected chi connectivity index (χ4v) is 2.39. The molecule has 1 aliphatic heterocycles. The SMILES string of the molecule is CC1(C)COCC1NCc1cccs1. The first kappa shape index (κ1) is 10.1. The normalized spacial score (nSPS) is 25.4. The van der Waals surface area contributed by atoms with Crippen molar-refractivity contribution in [2.75, 3.05) is 13.2 Å². The first-order valence-electron chi connectivity index (χ1n) is 5.02. The summed E-state index contributed by atoms with van der Waals surface area (Å²) in [6, 6.07) is 4.75. The summed E-state index contributed by atoms with van der Waals surface area (Å²) in [4.78, 5) is 1.40. The summed E-state index contributed by atoms with van der Waals surface area (Å²) in [7, 11) is 0. The summed E-state index contributed by atoms with van der Waals surface area (Å²) < 4.78 is 5.48. The fraction of sp³-hybridized carbons (Fsp3) is 0.636. The van der Waals surface area contributed by atoms with Crippen molar-refractivity contribution < 1.29 is 4.74 Å². The molecule has 1 aliphatic rings. The Morgan fingerprint density at radius 3 is 3.07 bits per heavy atom. The Bertz CT molecular complexity index is 281. The quantitative estimate of drug-likeness (QED) is 0.828. The van der Waals surface area contributed by atoms with Crippen LogP contribution in [0.15, 0.2) is 17.5 Å². The van der Waals surface area contributed by atoms with Crippen molar-refractivity contribution in [3.63, 3.8) is 0 Å². The Hall–Kier alpha value is -0.380. The molecule has 0 aliphatic carbocycles. The summed E-state index contributed by atoms with van der Waals surface area (Å²) in [6.45, 7) is 7.20. The number of nitrogens with one attached hydrogen (secondary N) is 1. The van der Waals surface area contributed by atoms with E-state index in [1.165, 1.54) is 4.88 Å². The third-order valence-corrected chi connectivity index (χ3v) is 3.68. The summed E-state index contributed by atoms with van der Waals surface area (Å²) in [6.07, 6.45) is 0. The molecule has 0 amide bonds. The van der Waals surface area contributed by atoms with Crippen LogP contribution >= 0.6 is 11.3 Å². The van der Waals surface area contributed by atoms with Crippen LogP contribution in [0.5, 0.6) is 0 Å². The van der Waals surface area contributed by atoms with Crippen LogP contribution in [0, 0.1) is 5.41 Å². The zero-order valence-corrected chi connectivity index (χ0v) is 9.56. The van der Waals surface area contributed by atoms with Gasteiger partial charge in [0.15, 0.2) is 0 Å². The zero-order valence-electron chi connectivity index (χ0n) is 8.75. The molecule has 1 unspecified atom stereocenters. The molecule has 2 rings (SSSR count). The second-order valence-electron chi connectivity index (χ2n) is 4.52. The van der Waals surface area contributed by atoms with Gasteiger partial charge < -0.3 is 10.1 Å². The molecular formula is C11H17NOS. The zero-order chi connectivity index (χ0) is 10.0. The van der Waals surface area contributed by atoms with Crippen molar-refractivity contribution >= 4 is 11.3 Å². The van der Waals surface area contributed by atoms with Crippen molar-refractivity contribution in [3.8, 4) is 0 Å². The first-order chi connectivity index (χ1) is 6.68. The standard InChI is InChI=1S/C11H17NOS/c1-11(2)8-13-7-10(11)12-6-9-4-3-5-14-9/h3-5,10,12H,6-8H2,1-2H3. The molecule has 0 bridgehead atoms. The highest BCUT2D eigenvalue weighted by atomic mass is 32.1. The molecular weight excluding hydrogens is 194 g/mol. The maximum absolute atomic E-state index is 5.48. The van der Waals surface area contributed by atoms with Gasteiger partial charge >= 0.3 is 0 Å². The average molecular weight is 211 g/mol. The van der Waals surface area contributed by atoms with Crippen LogP contribution in [0.2, 0.25) is 0 Å². The van der Waals surface area contributed by atoms with Crippen LogP contribution in [0.3, 0.4) is 0 Å².